The molecule has 2 aromatic carbocycles. The summed E-state index contributed by atoms with van der Waals surface area (Å²) in [5.74, 6) is 0.937. The summed E-state index contributed by atoms with van der Waals surface area (Å²) in [5.41, 5.74) is 6.58. The number of hydrogen-bond acceptors (Lipinski definition) is 1. The molecule has 1 N–H and O–H groups in total. The molecule has 0 bridgehead atoms. The van der Waals surface area contributed by atoms with Crippen molar-refractivity contribution in [1.29, 1.82) is 0 Å². The molecule has 0 amide bonds. The van der Waals surface area contributed by atoms with Gasteiger partial charge in [-0.15, -0.1) is 0 Å². The van der Waals surface area contributed by atoms with E-state index in [1.54, 1.807) is 0 Å². The summed E-state index contributed by atoms with van der Waals surface area (Å²) in [5, 5.41) is 1.30. The maximum absolute atomic E-state index is 5.95. The van der Waals surface area contributed by atoms with E-state index in [0.717, 1.165) is 18.6 Å². The van der Waals surface area contributed by atoms with Crippen LogP contribution in [-0.2, 0) is 13.0 Å². The highest BCUT2D eigenvalue weighted by atomic mass is 16.5. The molecule has 4 rings (SSSR count). The highest BCUT2D eigenvalue weighted by Gasteiger charge is 2.20. The van der Waals surface area contributed by atoms with Crippen LogP contribution >= 0.6 is 0 Å². The van der Waals surface area contributed by atoms with Gasteiger partial charge in [-0.3, -0.25) is 0 Å². The Bertz CT molecular complexity index is 843. The van der Waals surface area contributed by atoms with E-state index in [-0.39, 0.29) is 0 Å². The van der Waals surface area contributed by atoms with Crippen LogP contribution in [0.3, 0.4) is 0 Å². The Labute approximate surface area is 130 Å². The molecule has 0 aliphatic heterocycles. The van der Waals surface area contributed by atoms with Crippen LogP contribution in [-0.4, -0.2) is 4.98 Å². The van der Waals surface area contributed by atoms with Crippen molar-refractivity contribution in [3.63, 3.8) is 0 Å². The lowest BCUT2D eigenvalue weighted by molar-refractivity contribution is 0.306. The lowest BCUT2D eigenvalue weighted by atomic mass is 10.1. The second kappa shape index (κ2) is 5.38. The monoisotopic (exact) mass is 289 g/mol. The van der Waals surface area contributed by atoms with Gasteiger partial charge in [-0.2, -0.15) is 0 Å². The Morgan fingerprint density at radius 2 is 1.95 bits per heavy atom. The number of aromatic nitrogens is 1. The van der Waals surface area contributed by atoms with E-state index >= 15 is 0 Å². The van der Waals surface area contributed by atoms with Crippen LogP contribution in [0.1, 0.15) is 30.2 Å². The smallest absolute Gasteiger partial charge is 0.120 e. The second-order valence-electron chi connectivity index (χ2n) is 5.77. The van der Waals surface area contributed by atoms with Crippen LogP contribution in [0, 0.1) is 0 Å². The molecule has 0 spiro atoms. The Kier molecular flexibility index (Phi) is 3.23. The van der Waals surface area contributed by atoms with Crippen LogP contribution in [0.5, 0.6) is 5.75 Å². The molecule has 1 aromatic heterocycles. The van der Waals surface area contributed by atoms with Crippen molar-refractivity contribution in [2.45, 2.75) is 26.4 Å². The molecule has 0 fully saturated rings. The van der Waals surface area contributed by atoms with Gasteiger partial charge in [0.2, 0.25) is 0 Å². The zero-order valence-electron chi connectivity index (χ0n) is 12.7. The first-order chi connectivity index (χ1) is 10.8. The minimum Gasteiger partial charge on any atom is -0.489 e. The first kappa shape index (κ1) is 13.2. The topological polar surface area (TPSA) is 25.0 Å². The molecule has 0 unspecified atom stereocenters. The van der Waals surface area contributed by atoms with E-state index < -0.39 is 0 Å². The molecule has 22 heavy (non-hydrogen) atoms. The predicted molar refractivity (Wildman–Crippen MR) is 91.0 cm³/mol. The third-order valence-corrected chi connectivity index (χ3v) is 4.44. The molecule has 2 nitrogen and oxygen atoms in total. The average molecular weight is 289 g/mol. The second-order valence-corrected chi connectivity index (χ2v) is 5.77. The van der Waals surface area contributed by atoms with Crippen molar-refractivity contribution in [3.8, 4) is 5.75 Å². The van der Waals surface area contributed by atoms with Gasteiger partial charge in [0, 0.05) is 16.6 Å². The number of H-pyrrole nitrogens is 1. The first-order valence-corrected chi connectivity index (χ1v) is 7.82. The maximum atomic E-state index is 5.95. The molecule has 2 heteroatoms. The molecule has 1 heterocycles. The summed E-state index contributed by atoms with van der Waals surface area (Å²) in [6, 6.07) is 16.6. The summed E-state index contributed by atoms with van der Waals surface area (Å²) >= 11 is 0. The summed E-state index contributed by atoms with van der Waals surface area (Å²) in [6.07, 6.45) is 4.48. The highest BCUT2D eigenvalue weighted by molar-refractivity contribution is 5.92. The van der Waals surface area contributed by atoms with Gasteiger partial charge in [0.25, 0.3) is 0 Å². The van der Waals surface area contributed by atoms with Crippen LogP contribution in [0.25, 0.3) is 16.5 Å². The van der Waals surface area contributed by atoms with Crippen molar-refractivity contribution < 1.29 is 4.74 Å². The quantitative estimate of drug-likeness (QED) is 0.713. The van der Waals surface area contributed by atoms with Gasteiger partial charge in [0.1, 0.15) is 12.4 Å². The minimum absolute atomic E-state index is 0.610. The number of rotatable bonds is 3. The molecule has 0 saturated carbocycles. The van der Waals surface area contributed by atoms with Crippen molar-refractivity contribution in [2.24, 2.45) is 0 Å². The first-order valence-electron chi connectivity index (χ1n) is 7.82. The Morgan fingerprint density at radius 3 is 2.77 bits per heavy atom. The highest BCUT2D eigenvalue weighted by Crippen LogP contribution is 2.38. The summed E-state index contributed by atoms with van der Waals surface area (Å²) < 4.78 is 5.95. The Morgan fingerprint density at radius 1 is 1.09 bits per heavy atom. The number of fused-ring (bicyclic) bond motifs is 3. The van der Waals surface area contributed by atoms with E-state index in [2.05, 4.69) is 42.2 Å². The van der Waals surface area contributed by atoms with Crippen LogP contribution in [0.2, 0.25) is 0 Å². The molecule has 110 valence electrons. The number of allylic oxidation sites excluding steroid dienone is 2. The van der Waals surface area contributed by atoms with E-state index in [0.29, 0.717) is 6.61 Å². The standard InChI is InChI=1S/C20H19NO/c1-2-15-8-10-17-18-12-16(9-11-19(18)21-20(15)17)22-13-14-6-4-3-5-7-14/h2-7,9,11-12,21H,8,10,13H2,1H3/b15-2+. The van der Waals surface area contributed by atoms with Gasteiger partial charge in [0.15, 0.2) is 0 Å². The molecular formula is C20H19NO. The van der Waals surface area contributed by atoms with E-state index in [9.17, 15) is 0 Å². The molecule has 0 atom stereocenters. The molecule has 3 aromatic rings. The van der Waals surface area contributed by atoms with Crippen LogP contribution in [0.15, 0.2) is 54.6 Å². The largest absolute Gasteiger partial charge is 0.489 e. The molecule has 0 saturated heterocycles. The molecular weight excluding hydrogens is 270 g/mol. The van der Waals surface area contributed by atoms with Crippen molar-refractivity contribution in [2.75, 3.05) is 0 Å². The number of ether oxygens (including phenoxy) is 1. The van der Waals surface area contributed by atoms with E-state index in [4.69, 9.17) is 4.74 Å². The maximum Gasteiger partial charge on any atom is 0.120 e. The Balaban J connectivity index is 1.64. The lowest BCUT2D eigenvalue weighted by Gasteiger charge is -2.06. The molecule has 1 aliphatic rings. The zero-order chi connectivity index (χ0) is 14.9. The SMILES string of the molecule is C/C=C1\CCc2c1[nH]c1ccc(OCc3ccccc3)cc21. The third-order valence-electron chi connectivity index (χ3n) is 4.44. The number of hydrogen-bond donors (Lipinski definition) is 1. The molecule has 0 radical (unpaired) electrons. The third kappa shape index (κ3) is 2.21. The lowest BCUT2D eigenvalue weighted by Crippen LogP contribution is -1.94. The van der Waals surface area contributed by atoms with Gasteiger partial charge in [-0.05, 0) is 54.7 Å². The minimum atomic E-state index is 0.610. The Hall–Kier alpha value is -2.48. The number of nitrogens with one attached hydrogen (secondary N) is 1. The predicted octanol–water partition coefficient (Wildman–Crippen LogP) is 5.10. The number of aryl methyl sites for hydroxylation is 1. The van der Waals surface area contributed by atoms with Gasteiger partial charge in [-0.25, -0.2) is 0 Å². The summed E-state index contributed by atoms with van der Waals surface area (Å²) in [7, 11) is 0. The summed E-state index contributed by atoms with van der Waals surface area (Å²) in [4.78, 5) is 3.55. The van der Waals surface area contributed by atoms with Gasteiger partial charge in [-0.1, -0.05) is 36.4 Å². The fourth-order valence-electron chi connectivity index (χ4n) is 3.26. The molecule has 1 aliphatic carbocycles. The average Bonchev–Trinajstić information content (AvgIpc) is 3.12. The van der Waals surface area contributed by atoms with Gasteiger partial charge in [0.05, 0.1) is 0 Å². The summed E-state index contributed by atoms with van der Waals surface area (Å²) in [6.45, 7) is 2.73. The van der Waals surface area contributed by atoms with Crippen molar-refractivity contribution in [1.82, 2.24) is 4.98 Å². The normalized spacial score (nSPS) is 15.4. The van der Waals surface area contributed by atoms with Gasteiger partial charge >= 0.3 is 0 Å². The number of aromatic amines is 1. The fourth-order valence-corrected chi connectivity index (χ4v) is 3.26. The van der Waals surface area contributed by atoms with Gasteiger partial charge < -0.3 is 9.72 Å². The van der Waals surface area contributed by atoms with Crippen molar-refractivity contribution >= 4 is 16.5 Å². The van der Waals surface area contributed by atoms with E-state index in [1.165, 1.54) is 33.3 Å². The van der Waals surface area contributed by atoms with Crippen LogP contribution < -0.4 is 4.74 Å². The van der Waals surface area contributed by atoms with Crippen LogP contribution in [0.4, 0.5) is 0 Å². The fraction of sp³-hybridized carbons (Fsp3) is 0.200. The van der Waals surface area contributed by atoms with E-state index in [1.807, 2.05) is 24.3 Å². The zero-order valence-corrected chi connectivity index (χ0v) is 12.7. The van der Waals surface area contributed by atoms with Crippen molar-refractivity contribution in [3.05, 3.63) is 71.4 Å². The number of benzene rings is 2.